The number of terminal acetylenes is 1. The van der Waals surface area contributed by atoms with Crippen LogP contribution in [-0.4, -0.2) is 111 Å². The molecule has 2 N–H and O–H groups in total. The smallest absolute Gasteiger partial charge is 0.345 e. The highest BCUT2D eigenvalue weighted by Crippen LogP contribution is 2.42. The normalized spacial score (nSPS) is 20.8. The number of carboxylic acids is 1. The van der Waals surface area contributed by atoms with E-state index in [0.717, 1.165) is 91.6 Å². The predicted octanol–water partition coefficient (Wildman–Crippen LogP) is 6.65. The SMILES string of the molecule is C#C/C(Cl)=C1\C=C/Cc2c(-c3ccc(F)cc3)sc3ncnc(c23)O[C@@H](C(=O)O)Cc2cc(ccc2OCc2ccnc([C@@H]3CCCN3)n2)CN(CCN2CCN(C)CC2)C1. The van der Waals surface area contributed by atoms with E-state index >= 15 is 0 Å². The second-order valence-corrected chi connectivity index (χ2v) is 17.0. The first-order valence-corrected chi connectivity index (χ1v) is 21.8. The molecule has 2 atom stereocenters. The molecule has 2 fully saturated rings. The molecule has 12 nitrogen and oxygen atoms in total. The van der Waals surface area contributed by atoms with Crippen molar-refractivity contribution in [3.05, 3.63) is 118 Å². The number of hydrogen-bond acceptors (Lipinski definition) is 12. The Balaban J connectivity index is 1.20. The van der Waals surface area contributed by atoms with Gasteiger partial charge in [0.15, 0.2) is 0 Å². The van der Waals surface area contributed by atoms with Gasteiger partial charge in [-0.2, -0.15) is 0 Å². The third kappa shape index (κ3) is 10.4. The highest BCUT2D eigenvalue weighted by Gasteiger charge is 2.28. The number of nitrogens with zero attached hydrogens (tertiary/aromatic N) is 7. The van der Waals surface area contributed by atoms with Crippen molar-refractivity contribution in [2.75, 3.05) is 59.4 Å². The lowest BCUT2D eigenvalue weighted by Gasteiger charge is -2.34. The van der Waals surface area contributed by atoms with Gasteiger partial charge in [0.2, 0.25) is 12.0 Å². The van der Waals surface area contributed by atoms with Crippen LogP contribution in [0.15, 0.2) is 83.8 Å². The molecule has 3 aromatic heterocycles. The van der Waals surface area contributed by atoms with Crippen LogP contribution in [0.4, 0.5) is 4.39 Å². The number of fused-ring (bicyclic) bond motifs is 2. The number of piperazine rings is 1. The molecule has 316 valence electrons. The summed E-state index contributed by atoms with van der Waals surface area (Å²) in [5, 5.41) is 15.1. The van der Waals surface area contributed by atoms with Crippen molar-refractivity contribution in [3.8, 4) is 34.4 Å². The van der Waals surface area contributed by atoms with Crippen LogP contribution in [0.3, 0.4) is 0 Å². The maximum absolute atomic E-state index is 14.1. The van der Waals surface area contributed by atoms with Crippen LogP contribution < -0.4 is 14.8 Å². The molecule has 5 aromatic rings. The van der Waals surface area contributed by atoms with Crippen LogP contribution in [0.2, 0.25) is 0 Å². The lowest BCUT2D eigenvalue weighted by atomic mass is 10.0. The van der Waals surface area contributed by atoms with Gasteiger partial charge in [0.1, 0.15) is 35.2 Å². The fourth-order valence-electron chi connectivity index (χ4n) is 8.02. The molecule has 6 heterocycles. The summed E-state index contributed by atoms with van der Waals surface area (Å²) < 4.78 is 27.0. The first-order chi connectivity index (χ1) is 29.7. The van der Waals surface area contributed by atoms with E-state index in [9.17, 15) is 14.3 Å². The van der Waals surface area contributed by atoms with Gasteiger partial charge in [-0.3, -0.25) is 9.80 Å². The third-order valence-corrected chi connectivity index (χ3v) is 12.9. The zero-order valence-electron chi connectivity index (χ0n) is 34.0. The van der Waals surface area contributed by atoms with Crippen LogP contribution in [0.5, 0.6) is 11.6 Å². The number of benzene rings is 2. The molecule has 0 saturated carbocycles. The first kappa shape index (κ1) is 42.4. The molecule has 0 amide bonds. The number of rotatable bonds is 9. The number of hydrogen-bond donors (Lipinski definition) is 2. The number of ether oxygens (including phenoxy) is 2. The summed E-state index contributed by atoms with van der Waals surface area (Å²) in [4.78, 5) is 40.1. The van der Waals surface area contributed by atoms with Crippen molar-refractivity contribution in [3.63, 3.8) is 0 Å². The Labute approximate surface area is 364 Å². The second-order valence-electron chi connectivity index (χ2n) is 15.7. The Kier molecular flexibility index (Phi) is 13.6. The molecule has 3 aliphatic heterocycles. The molecule has 8 rings (SSSR count). The highest BCUT2D eigenvalue weighted by atomic mass is 35.5. The number of carbonyl (C=O) groups is 1. The van der Waals surface area contributed by atoms with E-state index in [1.54, 1.807) is 18.3 Å². The standard InChI is InChI=1S/C46H48ClFN8O4S/c1-3-37(47)32-6-4-7-36-41-44(51-29-52-45(41)61-42(36)31-10-12-34(48)13-11-31)60-40(46(57)58)25-33-24-30(26-56(27-32)23-22-55-20-18-54(2)19-21-55)9-14-39(33)59-28-35-15-17-50-43(53-35)38-8-5-16-49-38/h1,4,6,9-15,17,24,29,38,40,49H,5,7-8,16,18-23,25-28H2,2H3,(H,57,58)/b6-4-,37-32-/t38-,40+/m0/s1. The monoisotopic (exact) mass is 862 g/mol. The predicted molar refractivity (Wildman–Crippen MR) is 235 cm³/mol. The minimum Gasteiger partial charge on any atom is -0.487 e. The van der Waals surface area contributed by atoms with E-state index in [2.05, 4.69) is 47.9 Å². The molecule has 0 unspecified atom stereocenters. The average Bonchev–Trinajstić information content (AvgIpc) is 3.95. The van der Waals surface area contributed by atoms with E-state index in [0.29, 0.717) is 51.8 Å². The van der Waals surface area contributed by atoms with Crippen molar-refractivity contribution >= 4 is 39.1 Å². The maximum Gasteiger partial charge on any atom is 0.345 e. The van der Waals surface area contributed by atoms with E-state index in [-0.39, 0.29) is 30.8 Å². The lowest BCUT2D eigenvalue weighted by Crippen LogP contribution is -2.47. The maximum atomic E-state index is 14.1. The van der Waals surface area contributed by atoms with Crippen molar-refractivity contribution in [1.29, 1.82) is 0 Å². The molecule has 0 aliphatic carbocycles. The number of aromatic nitrogens is 4. The van der Waals surface area contributed by atoms with Crippen LogP contribution in [0.1, 0.15) is 47.1 Å². The molecule has 2 aromatic carbocycles. The largest absolute Gasteiger partial charge is 0.487 e. The molecule has 2 saturated heterocycles. The third-order valence-electron chi connectivity index (χ3n) is 11.4. The number of halogens is 2. The Morgan fingerprint density at radius 1 is 1.08 bits per heavy atom. The molecule has 61 heavy (non-hydrogen) atoms. The number of nitrogens with one attached hydrogen (secondary N) is 1. The van der Waals surface area contributed by atoms with E-state index in [4.69, 9.17) is 32.5 Å². The quantitative estimate of drug-likeness (QED) is 0.154. The molecular formula is C46H48ClFN8O4S. The summed E-state index contributed by atoms with van der Waals surface area (Å²) in [5.41, 5.74) is 4.70. The van der Waals surface area contributed by atoms with Crippen molar-refractivity contribution in [1.82, 2.24) is 40.0 Å². The number of thiophene rings is 1. The number of likely N-dealkylation sites (N-methyl/N-ethyl adjacent to an activating group) is 1. The van der Waals surface area contributed by atoms with E-state index in [1.807, 2.05) is 36.4 Å². The summed E-state index contributed by atoms with van der Waals surface area (Å²) >= 11 is 8.22. The minimum absolute atomic E-state index is 0.0232. The zero-order chi connectivity index (χ0) is 42.3. The van der Waals surface area contributed by atoms with Gasteiger partial charge in [-0.15, -0.1) is 17.8 Å². The van der Waals surface area contributed by atoms with Gasteiger partial charge in [0.25, 0.3) is 0 Å². The van der Waals surface area contributed by atoms with E-state index in [1.165, 1.54) is 29.8 Å². The van der Waals surface area contributed by atoms with Gasteiger partial charge in [-0.25, -0.2) is 29.1 Å². The van der Waals surface area contributed by atoms with Gasteiger partial charge < -0.3 is 24.8 Å². The molecule has 15 heteroatoms. The van der Waals surface area contributed by atoms with Crippen molar-refractivity contribution in [2.45, 2.75) is 51.0 Å². The number of carboxylic acid groups (broad SMARTS) is 1. The Morgan fingerprint density at radius 2 is 1.90 bits per heavy atom. The Hall–Kier alpha value is -5.27. The molecule has 0 radical (unpaired) electrons. The van der Waals surface area contributed by atoms with Gasteiger partial charge in [-0.05, 0) is 84.9 Å². The summed E-state index contributed by atoms with van der Waals surface area (Å²) in [7, 11) is 2.15. The summed E-state index contributed by atoms with van der Waals surface area (Å²) in [5.74, 6) is 2.54. The fourth-order valence-corrected chi connectivity index (χ4v) is 9.31. The summed E-state index contributed by atoms with van der Waals surface area (Å²) in [6.45, 7) is 7.65. The van der Waals surface area contributed by atoms with Crippen LogP contribution in [0, 0.1) is 18.2 Å². The Bertz CT molecular complexity index is 2460. The first-order valence-electron chi connectivity index (χ1n) is 20.6. The molecular weight excluding hydrogens is 815 g/mol. The molecule has 3 aliphatic rings. The lowest BCUT2D eigenvalue weighted by molar-refractivity contribution is -0.145. The summed E-state index contributed by atoms with van der Waals surface area (Å²) in [6.07, 6.45) is 14.1. The molecule has 0 spiro atoms. The Morgan fingerprint density at radius 3 is 2.67 bits per heavy atom. The van der Waals surface area contributed by atoms with E-state index < -0.39 is 12.1 Å². The topological polar surface area (TPSA) is 129 Å². The van der Waals surface area contributed by atoms with Crippen LogP contribution in [-0.2, 0) is 30.8 Å². The minimum atomic E-state index is -1.34. The van der Waals surface area contributed by atoms with Crippen LogP contribution >= 0.6 is 22.9 Å². The van der Waals surface area contributed by atoms with Crippen LogP contribution in [0.25, 0.3) is 20.7 Å². The zero-order valence-corrected chi connectivity index (χ0v) is 35.6. The summed E-state index contributed by atoms with van der Waals surface area (Å²) in [6, 6.07) is 14.1. The molecule has 2 bridgehead atoms. The van der Waals surface area contributed by atoms with Crippen molar-refractivity contribution in [2.24, 2.45) is 0 Å². The number of aliphatic carboxylic acids is 1. The van der Waals surface area contributed by atoms with Crippen molar-refractivity contribution < 1.29 is 23.8 Å². The second kappa shape index (κ2) is 19.6. The average molecular weight is 863 g/mol. The van der Waals surface area contributed by atoms with Gasteiger partial charge in [-0.1, -0.05) is 53.9 Å². The van der Waals surface area contributed by atoms with Gasteiger partial charge >= 0.3 is 5.97 Å². The van der Waals surface area contributed by atoms with Gasteiger partial charge in [0, 0.05) is 69.9 Å². The fraction of sp³-hybridized carbons (Fsp3) is 0.370. The highest BCUT2D eigenvalue weighted by molar-refractivity contribution is 7.22. The van der Waals surface area contributed by atoms with Gasteiger partial charge in [0.05, 0.1) is 22.2 Å². The number of allylic oxidation sites excluding steroid dienone is 2.